The fourth-order valence-corrected chi connectivity index (χ4v) is 5.00. The first-order valence-electron chi connectivity index (χ1n) is 11.8. The number of allylic oxidation sites excluding steroid dienone is 1. The molecule has 1 saturated heterocycles. The van der Waals surface area contributed by atoms with Crippen molar-refractivity contribution in [2.45, 2.75) is 19.3 Å². The maximum atomic E-state index is 12.6. The van der Waals surface area contributed by atoms with Gasteiger partial charge in [0.2, 0.25) is 0 Å². The Morgan fingerprint density at radius 1 is 0.909 bits per heavy atom. The number of fused-ring (bicyclic) bond motifs is 1. The summed E-state index contributed by atoms with van der Waals surface area (Å²) in [5.74, 6) is 1.38. The van der Waals surface area contributed by atoms with E-state index in [-0.39, 0.29) is 12.6 Å². The maximum Gasteiger partial charge on any atom is 0.119 e. The van der Waals surface area contributed by atoms with Crippen LogP contribution in [0, 0.1) is 5.92 Å². The largest absolute Gasteiger partial charge is 0.508 e. The predicted molar refractivity (Wildman–Crippen MR) is 131 cm³/mol. The molecule has 1 aliphatic heterocycles. The molecule has 1 heterocycles. The molecular formula is C29H30FNO2. The summed E-state index contributed by atoms with van der Waals surface area (Å²) < 4.78 is 18.6. The fraction of sp³-hybridized carbons (Fsp3) is 0.310. The minimum Gasteiger partial charge on any atom is -0.508 e. The van der Waals surface area contributed by atoms with Gasteiger partial charge >= 0.3 is 0 Å². The Morgan fingerprint density at radius 3 is 2.45 bits per heavy atom. The lowest BCUT2D eigenvalue weighted by Gasteiger charge is -2.37. The van der Waals surface area contributed by atoms with E-state index in [4.69, 9.17) is 4.74 Å². The minimum absolute atomic E-state index is 0.209. The van der Waals surface area contributed by atoms with Crippen molar-refractivity contribution in [3.63, 3.8) is 0 Å². The number of ether oxygens (including phenoxy) is 1. The van der Waals surface area contributed by atoms with Crippen LogP contribution in [-0.4, -0.2) is 42.9 Å². The molecule has 2 aliphatic rings. The van der Waals surface area contributed by atoms with Gasteiger partial charge in [0, 0.05) is 25.6 Å². The van der Waals surface area contributed by atoms with E-state index in [1.807, 2.05) is 18.2 Å². The van der Waals surface area contributed by atoms with Crippen molar-refractivity contribution in [1.29, 1.82) is 0 Å². The zero-order chi connectivity index (χ0) is 22.6. The highest BCUT2D eigenvalue weighted by Crippen LogP contribution is 2.40. The van der Waals surface area contributed by atoms with Gasteiger partial charge in [0.05, 0.1) is 6.67 Å². The predicted octanol–water partition coefficient (Wildman–Crippen LogP) is 5.97. The molecule has 0 saturated carbocycles. The highest BCUT2D eigenvalue weighted by Gasteiger charge is 2.26. The van der Waals surface area contributed by atoms with Crippen LogP contribution in [-0.2, 0) is 6.42 Å². The number of nitrogens with zero attached hydrogens (tertiary/aromatic N) is 1. The molecule has 5 rings (SSSR count). The first-order chi connectivity index (χ1) is 16.2. The lowest BCUT2D eigenvalue weighted by molar-refractivity contribution is 0.0668. The number of halogens is 1. The molecule has 0 amide bonds. The summed E-state index contributed by atoms with van der Waals surface area (Å²) in [6.45, 7) is 2.90. The summed E-state index contributed by atoms with van der Waals surface area (Å²) in [5, 5.41) is 10.1. The highest BCUT2D eigenvalue weighted by molar-refractivity contribution is 6.00. The van der Waals surface area contributed by atoms with E-state index in [9.17, 15) is 9.50 Å². The lowest BCUT2D eigenvalue weighted by Crippen LogP contribution is -2.49. The summed E-state index contributed by atoms with van der Waals surface area (Å²) in [7, 11) is 0. The van der Waals surface area contributed by atoms with Crippen LogP contribution in [0.1, 0.15) is 35.1 Å². The van der Waals surface area contributed by atoms with Gasteiger partial charge in [-0.3, -0.25) is 9.29 Å². The third-order valence-electron chi connectivity index (χ3n) is 6.73. The molecule has 1 fully saturated rings. The Balaban J connectivity index is 1.41. The van der Waals surface area contributed by atoms with Crippen LogP contribution in [0.3, 0.4) is 0 Å². The van der Waals surface area contributed by atoms with Crippen molar-refractivity contribution in [2.75, 3.05) is 32.9 Å². The Kier molecular flexibility index (Phi) is 6.45. The van der Waals surface area contributed by atoms with E-state index >= 15 is 0 Å². The zero-order valence-corrected chi connectivity index (χ0v) is 18.8. The van der Waals surface area contributed by atoms with E-state index < -0.39 is 0 Å². The molecule has 33 heavy (non-hydrogen) atoms. The second-order valence-electron chi connectivity index (χ2n) is 9.07. The van der Waals surface area contributed by atoms with E-state index in [1.165, 1.54) is 27.8 Å². The van der Waals surface area contributed by atoms with E-state index in [1.54, 1.807) is 6.07 Å². The van der Waals surface area contributed by atoms with Crippen LogP contribution in [0.4, 0.5) is 4.39 Å². The number of aryl methyl sites for hydroxylation is 1. The van der Waals surface area contributed by atoms with Crippen LogP contribution >= 0.6 is 0 Å². The van der Waals surface area contributed by atoms with Crippen molar-refractivity contribution < 1.29 is 14.2 Å². The average Bonchev–Trinajstić information content (AvgIpc) is 3.00. The van der Waals surface area contributed by atoms with Gasteiger partial charge in [0.1, 0.15) is 18.1 Å². The summed E-state index contributed by atoms with van der Waals surface area (Å²) in [6.07, 6.45) is 2.98. The van der Waals surface area contributed by atoms with Gasteiger partial charge < -0.3 is 9.84 Å². The van der Waals surface area contributed by atoms with Crippen molar-refractivity contribution >= 4 is 11.1 Å². The molecule has 1 aliphatic carbocycles. The molecular weight excluding hydrogens is 413 g/mol. The number of likely N-dealkylation sites (tertiary alicyclic amines) is 1. The third-order valence-corrected chi connectivity index (χ3v) is 6.73. The van der Waals surface area contributed by atoms with Crippen molar-refractivity contribution in [2.24, 2.45) is 5.92 Å². The fourth-order valence-electron chi connectivity index (χ4n) is 5.00. The SMILES string of the molecule is Oc1ccc2c(c1)CCCC(c1ccccc1)=C2c1ccc(OCCN2CC(CF)C2)cc1. The van der Waals surface area contributed by atoms with Crippen LogP contribution in [0.2, 0.25) is 0 Å². The number of rotatable bonds is 7. The third kappa shape index (κ3) is 4.81. The molecule has 3 nitrogen and oxygen atoms in total. The second kappa shape index (κ2) is 9.80. The number of hydrogen-bond acceptors (Lipinski definition) is 3. The quantitative estimate of drug-likeness (QED) is 0.488. The molecule has 3 aromatic rings. The Labute approximate surface area is 195 Å². The zero-order valence-electron chi connectivity index (χ0n) is 18.8. The first-order valence-corrected chi connectivity index (χ1v) is 11.8. The number of hydrogen-bond donors (Lipinski definition) is 1. The standard InChI is InChI=1S/C29H30FNO2/c30-18-21-19-31(20-21)15-16-33-26-12-9-23(10-13-26)29-27(22-5-2-1-3-6-22)8-4-7-24-17-25(32)11-14-28(24)29/h1-3,5-6,9-14,17,21,32H,4,7-8,15-16,18-20H2. The number of phenols is 1. The van der Waals surface area contributed by atoms with Crippen LogP contribution in [0.5, 0.6) is 11.5 Å². The summed E-state index contributed by atoms with van der Waals surface area (Å²) in [4.78, 5) is 2.23. The molecule has 0 radical (unpaired) electrons. The van der Waals surface area contributed by atoms with Gasteiger partial charge in [0.15, 0.2) is 0 Å². The topological polar surface area (TPSA) is 32.7 Å². The second-order valence-corrected chi connectivity index (χ2v) is 9.07. The monoisotopic (exact) mass is 443 g/mol. The Morgan fingerprint density at radius 2 is 1.70 bits per heavy atom. The number of alkyl halides is 1. The molecule has 0 bridgehead atoms. The van der Waals surface area contributed by atoms with Crippen LogP contribution in [0.25, 0.3) is 11.1 Å². The van der Waals surface area contributed by atoms with Gasteiger partial charge in [-0.15, -0.1) is 0 Å². The summed E-state index contributed by atoms with van der Waals surface area (Å²) >= 11 is 0. The van der Waals surface area contributed by atoms with Crippen LogP contribution in [0.15, 0.2) is 72.8 Å². The summed E-state index contributed by atoms with van der Waals surface area (Å²) in [5.41, 5.74) is 7.36. The number of aromatic hydroxyl groups is 1. The minimum atomic E-state index is -0.220. The van der Waals surface area contributed by atoms with Gasteiger partial charge in [-0.25, -0.2) is 0 Å². The maximum absolute atomic E-state index is 12.6. The lowest BCUT2D eigenvalue weighted by atomic mass is 9.88. The Bertz CT molecular complexity index is 1120. The Hall–Kier alpha value is -3.11. The van der Waals surface area contributed by atoms with Crippen LogP contribution < -0.4 is 4.74 Å². The number of phenolic OH excluding ortho intramolecular Hbond substituents is 1. The van der Waals surface area contributed by atoms with Gasteiger partial charge in [-0.1, -0.05) is 48.5 Å². The van der Waals surface area contributed by atoms with Gasteiger partial charge in [0.25, 0.3) is 0 Å². The average molecular weight is 444 g/mol. The van der Waals surface area contributed by atoms with Gasteiger partial charge in [-0.05, 0) is 76.9 Å². The molecule has 0 aromatic heterocycles. The summed E-state index contributed by atoms with van der Waals surface area (Å²) in [6, 6.07) is 24.7. The molecule has 1 N–H and O–H groups in total. The molecule has 0 unspecified atom stereocenters. The molecule has 170 valence electrons. The highest BCUT2D eigenvalue weighted by atomic mass is 19.1. The van der Waals surface area contributed by atoms with Crippen molar-refractivity contribution in [3.05, 3.63) is 95.1 Å². The number of benzene rings is 3. The molecule has 3 aromatic carbocycles. The van der Waals surface area contributed by atoms with Crippen molar-refractivity contribution in [1.82, 2.24) is 4.90 Å². The molecule has 0 spiro atoms. The van der Waals surface area contributed by atoms with E-state index in [0.29, 0.717) is 12.4 Å². The molecule has 0 atom stereocenters. The molecule has 4 heteroatoms. The van der Waals surface area contributed by atoms with Crippen molar-refractivity contribution in [3.8, 4) is 11.5 Å². The van der Waals surface area contributed by atoms with E-state index in [0.717, 1.165) is 50.2 Å². The van der Waals surface area contributed by atoms with E-state index in [2.05, 4.69) is 53.4 Å². The first kappa shape index (κ1) is 21.7. The smallest absolute Gasteiger partial charge is 0.119 e. The van der Waals surface area contributed by atoms with Gasteiger partial charge in [-0.2, -0.15) is 0 Å². The normalized spacial score (nSPS) is 16.8.